The van der Waals surface area contributed by atoms with Crippen molar-refractivity contribution in [1.29, 1.82) is 0 Å². The number of aromatic nitrogens is 5. The third-order valence-electron chi connectivity index (χ3n) is 7.00. The van der Waals surface area contributed by atoms with E-state index in [1.165, 1.54) is 24.2 Å². The normalized spacial score (nSPS) is 16.8. The molecule has 2 atom stereocenters. The van der Waals surface area contributed by atoms with Gasteiger partial charge in [-0.3, -0.25) is 15.1 Å². The van der Waals surface area contributed by atoms with Gasteiger partial charge in [0, 0.05) is 45.8 Å². The van der Waals surface area contributed by atoms with Crippen molar-refractivity contribution < 1.29 is 14.3 Å². The Morgan fingerprint density at radius 3 is 2.79 bits per heavy atom. The molecule has 3 N–H and O–H groups in total. The topological polar surface area (TPSA) is 136 Å². The van der Waals surface area contributed by atoms with Crippen molar-refractivity contribution in [3.63, 3.8) is 0 Å². The van der Waals surface area contributed by atoms with Crippen LogP contribution in [0.3, 0.4) is 0 Å². The van der Waals surface area contributed by atoms with Crippen LogP contribution in [0.5, 0.6) is 0 Å². The molecule has 0 saturated heterocycles. The number of ether oxygens (including phenoxy) is 1. The van der Waals surface area contributed by atoms with Crippen LogP contribution < -0.4 is 16.0 Å². The van der Waals surface area contributed by atoms with Gasteiger partial charge in [-0.2, -0.15) is 4.68 Å². The molecule has 11 nitrogen and oxygen atoms in total. The lowest BCUT2D eigenvalue weighted by Gasteiger charge is -2.23. The quantitative estimate of drug-likeness (QED) is 0.250. The third-order valence-corrected chi connectivity index (χ3v) is 7.23. The minimum absolute atomic E-state index is 0.195. The van der Waals surface area contributed by atoms with Gasteiger partial charge >= 0.3 is 6.09 Å². The van der Waals surface area contributed by atoms with Gasteiger partial charge in [-0.15, -0.1) is 5.10 Å². The first-order valence-electron chi connectivity index (χ1n) is 13.6. The predicted molar refractivity (Wildman–Crippen MR) is 161 cm³/mol. The summed E-state index contributed by atoms with van der Waals surface area (Å²) in [7, 11) is 1.33. The molecular formula is C30H31ClN8O3. The van der Waals surface area contributed by atoms with Crippen molar-refractivity contribution in [2.45, 2.75) is 44.7 Å². The number of benzene rings is 2. The molecule has 1 unspecified atom stereocenters. The van der Waals surface area contributed by atoms with E-state index < -0.39 is 6.09 Å². The van der Waals surface area contributed by atoms with Crippen molar-refractivity contribution in [2.75, 3.05) is 17.7 Å². The molecule has 1 aliphatic rings. The summed E-state index contributed by atoms with van der Waals surface area (Å²) in [5.41, 5.74) is 5.58. The van der Waals surface area contributed by atoms with E-state index in [2.05, 4.69) is 43.4 Å². The van der Waals surface area contributed by atoms with Crippen LogP contribution in [0.4, 0.5) is 16.2 Å². The van der Waals surface area contributed by atoms with E-state index in [1.54, 1.807) is 30.5 Å². The largest absolute Gasteiger partial charge is 0.453 e. The fourth-order valence-electron chi connectivity index (χ4n) is 4.92. The third kappa shape index (κ3) is 7.10. The van der Waals surface area contributed by atoms with Crippen LogP contribution in [0.1, 0.15) is 49.9 Å². The van der Waals surface area contributed by atoms with Crippen LogP contribution in [-0.2, 0) is 9.53 Å². The molecule has 12 heteroatoms. The van der Waals surface area contributed by atoms with Crippen molar-refractivity contribution in [3.8, 4) is 16.8 Å². The number of carbonyl (C=O) groups is 2. The van der Waals surface area contributed by atoms with Crippen molar-refractivity contribution in [2.24, 2.45) is 0 Å². The second kappa shape index (κ2) is 13.3. The van der Waals surface area contributed by atoms with Crippen LogP contribution in [0.2, 0.25) is 5.02 Å². The lowest BCUT2D eigenvalue weighted by Crippen LogP contribution is -2.28. The van der Waals surface area contributed by atoms with E-state index in [4.69, 9.17) is 16.3 Å². The summed E-state index contributed by atoms with van der Waals surface area (Å²) in [5, 5.41) is 21.3. The molecule has 42 heavy (non-hydrogen) atoms. The van der Waals surface area contributed by atoms with Gasteiger partial charge < -0.3 is 15.4 Å². The summed E-state index contributed by atoms with van der Waals surface area (Å²) in [4.78, 5) is 29.6. The summed E-state index contributed by atoms with van der Waals surface area (Å²) >= 11 is 6.23. The Balaban J connectivity index is 1.41. The summed E-state index contributed by atoms with van der Waals surface area (Å²) < 4.78 is 6.26. The Hall–Kier alpha value is -4.77. The Morgan fingerprint density at radius 1 is 1.12 bits per heavy atom. The molecular weight excluding hydrogens is 556 g/mol. The van der Waals surface area contributed by atoms with Gasteiger partial charge in [0.2, 0.25) is 5.91 Å². The molecule has 0 saturated carbocycles. The van der Waals surface area contributed by atoms with E-state index in [0.717, 1.165) is 48.2 Å². The van der Waals surface area contributed by atoms with Gasteiger partial charge in [0.05, 0.1) is 24.5 Å². The summed E-state index contributed by atoms with van der Waals surface area (Å²) in [6.07, 6.45) is 9.42. The smallest absolute Gasteiger partial charge is 0.411 e. The first-order valence-corrected chi connectivity index (χ1v) is 14.0. The zero-order valence-corrected chi connectivity index (χ0v) is 24.0. The standard InChI is InChI=1S/C30H31ClN8O3/c1-19-5-3-4-6-25(36-29(40)12-7-21-15-22(31)8-11-28(21)39-18-33-37-38-39)27-16-20(13-14-32-27)24-10-9-23(17-26(24)34-19)35-30(41)42-2/h7-19,25,34H,3-6H2,1-2H3,(H,35,41)(H,36,40)/b12-7+/t19-,25?/m0/s1. The lowest BCUT2D eigenvalue weighted by atomic mass is 9.97. The number of anilines is 2. The number of tetrazole rings is 1. The zero-order chi connectivity index (χ0) is 29.5. The maximum absolute atomic E-state index is 13.2. The molecule has 1 aliphatic heterocycles. The van der Waals surface area contributed by atoms with E-state index >= 15 is 0 Å². The Kier molecular flexibility index (Phi) is 9.08. The van der Waals surface area contributed by atoms with Gasteiger partial charge in [-0.25, -0.2) is 4.79 Å². The number of methoxy groups -OCH3 is 1. The molecule has 216 valence electrons. The molecule has 0 spiro atoms. The Bertz CT molecular complexity index is 1590. The number of pyridine rings is 1. The maximum atomic E-state index is 13.2. The number of amides is 2. The van der Waals surface area contributed by atoms with Crippen LogP contribution in [0, 0.1) is 0 Å². The van der Waals surface area contributed by atoms with Gasteiger partial charge in [0.25, 0.3) is 0 Å². The zero-order valence-electron chi connectivity index (χ0n) is 23.3. The van der Waals surface area contributed by atoms with E-state index in [9.17, 15) is 9.59 Å². The van der Waals surface area contributed by atoms with Crippen LogP contribution in [0.15, 0.2) is 67.1 Å². The van der Waals surface area contributed by atoms with Gasteiger partial charge in [-0.1, -0.05) is 30.5 Å². The van der Waals surface area contributed by atoms with Crippen molar-refractivity contribution in [3.05, 3.63) is 83.4 Å². The van der Waals surface area contributed by atoms with Crippen LogP contribution in [0.25, 0.3) is 22.9 Å². The lowest BCUT2D eigenvalue weighted by molar-refractivity contribution is -0.117. The highest BCUT2D eigenvalue weighted by Crippen LogP contribution is 2.34. The van der Waals surface area contributed by atoms with Gasteiger partial charge in [-0.05, 0) is 84.3 Å². The molecule has 0 aliphatic carbocycles. The Morgan fingerprint density at radius 2 is 1.98 bits per heavy atom. The first kappa shape index (κ1) is 28.7. The average molecular weight is 587 g/mol. The average Bonchev–Trinajstić information content (AvgIpc) is 3.52. The molecule has 2 aromatic carbocycles. The summed E-state index contributed by atoms with van der Waals surface area (Å²) in [6, 6.07) is 14.8. The molecule has 2 amide bonds. The van der Waals surface area contributed by atoms with Crippen molar-refractivity contribution in [1.82, 2.24) is 30.5 Å². The fourth-order valence-corrected chi connectivity index (χ4v) is 5.10. The molecule has 0 fully saturated rings. The molecule has 0 radical (unpaired) electrons. The van der Waals surface area contributed by atoms with Crippen LogP contribution in [-0.4, -0.2) is 50.3 Å². The van der Waals surface area contributed by atoms with E-state index in [1.807, 2.05) is 30.3 Å². The second-order valence-electron chi connectivity index (χ2n) is 10.0. The second-order valence-corrected chi connectivity index (χ2v) is 10.5. The minimum Gasteiger partial charge on any atom is -0.453 e. The first-order chi connectivity index (χ1) is 20.4. The molecule has 5 rings (SSSR count). The van der Waals surface area contributed by atoms with Crippen LogP contribution >= 0.6 is 11.6 Å². The number of nitrogens with zero attached hydrogens (tertiary/aromatic N) is 5. The SMILES string of the molecule is COC(=O)Nc1ccc2c(c1)N[C@@H](C)CCCCC(NC(=O)/C=C/c1cc(Cl)ccc1-n1cnnn1)c1cc-2ccn1. The highest BCUT2D eigenvalue weighted by Gasteiger charge is 2.19. The van der Waals surface area contributed by atoms with Crippen molar-refractivity contribution >= 4 is 41.1 Å². The Labute approximate surface area is 248 Å². The monoisotopic (exact) mass is 586 g/mol. The summed E-state index contributed by atoms with van der Waals surface area (Å²) in [5.74, 6) is -0.254. The number of rotatable bonds is 5. The summed E-state index contributed by atoms with van der Waals surface area (Å²) in [6.45, 7) is 2.14. The molecule has 4 aromatic rings. The number of halogens is 1. The highest BCUT2D eigenvalue weighted by molar-refractivity contribution is 6.30. The maximum Gasteiger partial charge on any atom is 0.411 e. The molecule has 2 bridgehead atoms. The number of carbonyl (C=O) groups excluding carboxylic acids is 2. The van der Waals surface area contributed by atoms with Gasteiger partial charge in [0.15, 0.2) is 0 Å². The minimum atomic E-state index is -0.531. The molecule has 2 aromatic heterocycles. The number of nitrogens with one attached hydrogen (secondary N) is 3. The number of hydrogen-bond donors (Lipinski definition) is 3. The molecule has 3 heterocycles. The van der Waals surface area contributed by atoms with E-state index in [0.29, 0.717) is 22.0 Å². The number of fused-ring (bicyclic) bond motifs is 4. The fraction of sp³-hybridized carbons (Fsp3) is 0.267. The highest BCUT2D eigenvalue weighted by atomic mass is 35.5. The predicted octanol–water partition coefficient (Wildman–Crippen LogP) is 5.80. The van der Waals surface area contributed by atoms with Gasteiger partial charge in [0.1, 0.15) is 6.33 Å². The number of hydrogen-bond acceptors (Lipinski definition) is 8. The van der Waals surface area contributed by atoms with E-state index in [-0.39, 0.29) is 18.0 Å².